The molecule has 0 fully saturated rings. The number of sulfonamides is 1. The van der Waals surface area contributed by atoms with Crippen LogP contribution in [-0.4, -0.2) is 41.0 Å². The third kappa shape index (κ3) is 4.77. The zero-order valence-corrected chi connectivity index (χ0v) is 19.3. The van der Waals surface area contributed by atoms with Gasteiger partial charge in [0.15, 0.2) is 5.76 Å². The van der Waals surface area contributed by atoms with E-state index in [4.69, 9.17) is 8.83 Å². The molecule has 2 aromatic heterocycles. The Bertz CT molecular complexity index is 1280. The third-order valence-electron chi connectivity index (χ3n) is 4.76. The highest BCUT2D eigenvalue weighted by Gasteiger charge is 2.22. The lowest BCUT2D eigenvalue weighted by Crippen LogP contribution is -2.30. The predicted octanol–water partition coefficient (Wildman–Crippen LogP) is 4.71. The first kappa shape index (κ1) is 22.3. The molecule has 4 rings (SSSR count). The second-order valence-corrected chi connectivity index (χ2v) is 9.63. The van der Waals surface area contributed by atoms with Gasteiger partial charge in [-0.2, -0.15) is 4.31 Å². The topological polar surface area (TPSA) is 102 Å². The molecule has 32 heavy (non-hydrogen) atoms. The Morgan fingerprint density at radius 2 is 1.69 bits per heavy atom. The quantitative estimate of drug-likeness (QED) is 0.324. The average molecular weight is 471 g/mol. The monoisotopic (exact) mass is 470 g/mol. The molecule has 0 unspecified atom stereocenters. The van der Waals surface area contributed by atoms with Gasteiger partial charge in [0.1, 0.15) is 0 Å². The SMILES string of the molecule is CCN(CC)S(=O)(=O)c1cccc(-c2nnc(SCc3ncc(-c4ccccc4)o3)o2)c1. The number of thioether (sulfide) groups is 1. The third-order valence-corrected chi connectivity index (χ3v) is 7.61. The van der Waals surface area contributed by atoms with Crippen LogP contribution in [0.4, 0.5) is 0 Å². The number of aromatic nitrogens is 3. The highest BCUT2D eigenvalue weighted by Crippen LogP contribution is 2.28. The maximum atomic E-state index is 12.8. The molecule has 0 saturated heterocycles. The first-order valence-corrected chi connectivity index (χ1v) is 12.5. The van der Waals surface area contributed by atoms with Crippen LogP contribution >= 0.6 is 11.8 Å². The Labute approximate surface area is 190 Å². The van der Waals surface area contributed by atoms with E-state index in [2.05, 4.69) is 15.2 Å². The first-order valence-electron chi connectivity index (χ1n) is 10.1. The number of rotatable bonds is 9. The Morgan fingerprint density at radius 3 is 2.44 bits per heavy atom. The minimum absolute atomic E-state index is 0.194. The fourth-order valence-electron chi connectivity index (χ4n) is 3.12. The number of nitrogens with zero attached hydrogens (tertiary/aromatic N) is 4. The van der Waals surface area contributed by atoms with Gasteiger partial charge in [-0.05, 0) is 18.2 Å². The van der Waals surface area contributed by atoms with Crippen molar-refractivity contribution in [1.29, 1.82) is 0 Å². The summed E-state index contributed by atoms with van der Waals surface area (Å²) in [6.45, 7) is 4.42. The van der Waals surface area contributed by atoms with E-state index in [1.165, 1.54) is 16.1 Å². The molecular formula is C22H22N4O4S2. The lowest BCUT2D eigenvalue weighted by atomic mass is 10.2. The van der Waals surface area contributed by atoms with Crippen LogP contribution < -0.4 is 0 Å². The Morgan fingerprint density at radius 1 is 0.938 bits per heavy atom. The van der Waals surface area contributed by atoms with Gasteiger partial charge in [-0.3, -0.25) is 0 Å². The standard InChI is InChI=1S/C22H22N4O4S2/c1-3-26(4-2)32(27,28)18-12-8-11-17(13-18)21-24-25-22(30-21)31-15-20-23-14-19(29-20)16-9-6-5-7-10-16/h5-14H,3-4,15H2,1-2H3. The van der Waals surface area contributed by atoms with E-state index in [0.29, 0.717) is 41.3 Å². The zero-order chi connectivity index (χ0) is 22.6. The molecule has 8 nitrogen and oxygen atoms in total. The van der Waals surface area contributed by atoms with Crippen LogP contribution in [0, 0.1) is 0 Å². The van der Waals surface area contributed by atoms with Crippen molar-refractivity contribution in [3.63, 3.8) is 0 Å². The summed E-state index contributed by atoms with van der Waals surface area (Å²) < 4.78 is 38.5. The van der Waals surface area contributed by atoms with Gasteiger partial charge in [0.2, 0.25) is 21.8 Å². The summed E-state index contributed by atoms with van der Waals surface area (Å²) in [7, 11) is -3.57. The van der Waals surface area contributed by atoms with Crippen molar-refractivity contribution in [2.24, 2.45) is 0 Å². The van der Waals surface area contributed by atoms with Crippen LogP contribution in [0.25, 0.3) is 22.8 Å². The first-order chi connectivity index (χ1) is 15.5. The molecule has 0 aliphatic heterocycles. The molecule has 4 aromatic rings. The van der Waals surface area contributed by atoms with Gasteiger partial charge in [0, 0.05) is 24.2 Å². The van der Waals surface area contributed by atoms with Crippen LogP contribution in [0.2, 0.25) is 0 Å². The molecule has 0 aliphatic rings. The summed E-state index contributed by atoms with van der Waals surface area (Å²) >= 11 is 1.30. The van der Waals surface area contributed by atoms with Crippen LogP contribution in [0.15, 0.2) is 79.7 Å². The highest BCUT2D eigenvalue weighted by atomic mass is 32.2. The van der Waals surface area contributed by atoms with Gasteiger partial charge >= 0.3 is 0 Å². The van der Waals surface area contributed by atoms with Crippen molar-refractivity contribution >= 4 is 21.8 Å². The molecule has 2 aromatic carbocycles. The lowest BCUT2D eigenvalue weighted by Gasteiger charge is -2.18. The zero-order valence-electron chi connectivity index (χ0n) is 17.6. The van der Waals surface area contributed by atoms with Gasteiger partial charge in [-0.15, -0.1) is 10.2 Å². The van der Waals surface area contributed by atoms with E-state index in [1.54, 1.807) is 30.5 Å². The van der Waals surface area contributed by atoms with Crippen LogP contribution in [0.3, 0.4) is 0 Å². The largest absolute Gasteiger partial charge is 0.440 e. The number of hydrogen-bond acceptors (Lipinski definition) is 8. The summed E-state index contributed by atoms with van der Waals surface area (Å²) in [6, 6.07) is 16.3. The molecule has 0 aliphatic carbocycles. The van der Waals surface area contributed by atoms with Gasteiger partial charge in [-0.1, -0.05) is 62.0 Å². The van der Waals surface area contributed by atoms with E-state index >= 15 is 0 Å². The fourth-order valence-corrected chi connectivity index (χ4v) is 5.24. The van der Waals surface area contributed by atoms with Crippen molar-refractivity contribution in [2.45, 2.75) is 29.7 Å². The number of hydrogen-bond donors (Lipinski definition) is 0. The second-order valence-electron chi connectivity index (χ2n) is 6.76. The molecular weight excluding hydrogens is 448 g/mol. The summed E-state index contributed by atoms with van der Waals surface area (Å²) in [4.78, 5) is 4.49. The Kier molecular flexibility index (Phi) is 6.73. The minimum atomic E-state index is -3.57. The van der Waals surface area contributed by atoms with Crippen LogP contribution in [0.5, 0.6) is 0 Å². The smallest absolute Gasteiger partial charge is 0.277 e. The number of benzene rings is 2. The Balaban J connectivity index is 1.46. The molecule has 0 atom stereocenters. The summed E-state index contributed by atoms with van der Waals surface area (Å²) in [5, 5.41) is 8.46. The fraction of sp³-hybridized carbons (Fsp3) is 0.227. The molecule has 0 spiro atoms. The maximum absolute atomic E-state index is 12.8. The van der Waals surface area contributed by atoms with E-state index in [9.17, 15) is 8.42 Å². The van der Waals surface area contributed by atoms with Crippen LogP contribution in [-0.2, 0) is 15.8 Å². The Hall–Kier alpha value is -2.95. The van der Waals surface area contributed by atoms with Crippen molar-refractivity contribution in [3.8, 4) is 22.8 Å². The lowest BCUT2D eigenvalue weighted by molar-refractivity contribution is 0.445. The van der Waals surface area contributed by atoms with Crippen molar-refractivity contribution < 1.29 is 17.3 Å². The van der Waals surface area contributed by atoms with E-state index in [-0.39, 0.29) is 10.8 Å². The van der Waals surface area contributed by atoms with Gasteiger partial charge < -0.3 is 8.83 Å². The molecule has 166 valence electrons. The normalized spacial score (nSPS) is 11.8. The second kappa shape index (κ2) is 9.68. The molecule has 0 radical (unpaired) electrons. The molecule has 0 saturated carbocycles. The average Bonchev–Trinajstić information content (AvgIpc) is 3.49. The number of oxazole rings is 1. The van der Waals surface area contributed by atoms with Crippen molar-refractivity contribution in [1.82, 2.24) is 19.5 Å². The summed E-state index contributed by atoms with van der Waals surface area (Å²) in [5.41, 5.74) is 1.50. The van der Waals surface area contributed by atoms with E-state index in [1.807, 2.05) is 44.2 Å². The summed E-state index contributed by atoms with van der Waals surface area (Å²) in [5.74, 6) is 1.91. The maximum Gasteiger partial charge on any atom is 0.277 e. The van der Waals surface area contributed by atoms with Crippen molar-refractivity contribution in [2.75, 3.05) is 13.1 Å². The molecule has 0 amide bonds. The van der Waals surface area contributed by atoms with Gasteiger partial charge in [-0.25, -0.2) is 13.4 Å². The van der Waals surface area contributed by atoms with Crippen LogP contribution in [0.1, 0.15) is 19.7 Å². The molecule has 10 heteroatoms. The van der Waals surface area contributed by atoms with E-state index < -0.39 is 10.0 Å². The molecule has 0 bridgehead atoms. The van der Waals surface area contributed by atoms with E-state index in [0.717, 1.165) is 5.56 Å². The van der Waals surface area contributed by atoms with Gasteiger partial charge in [0.05, 0.1) is 16.8 Å². The van der Waals surface area contributed by atoms with Crippen molar-refractivity contribution in [3.05, 3.63) is 66.7 Å². The highest BCUT2D eigenvalue weighted by molar-refractivity contribution is 7.98. The minimum Gasteiger partial charge on any atom is -0.440 e. The molecule has 0 N–H and O–H groups in total. The molecule has 2 heterocycles. The summed E-state index contributed by atoms with van der Waals surface area (Å²) in [6.07, 6.45) is 1.69. The predicted molar refractivity (Wildman–Crippen MR) is 121 cm³/mol. The van der Waals surface area contributed by atoms with Gasteiger partial charge in [0.25, 0.3) is 5.22 Å².